The second kappa shape index (κ2) is 8.22. The fraction of sp³-hybridized carbons (Fsp3) is 0.263. The molecule has 0 bridgehead atoms. The summed E-state index contributed by atoms with van der Waals surface area (Å²) in [5, 5.41) is 9.90. The van der Waals surface area contributed by atoms with E-state index in [0.717, 1.165) is 25.1 Å². The normalized spacial score (nSPS) is 11.3. The van der Waals surface area contributed by atoms with Crippen LogP contribution in [-0.4, -0.2) is 30.1 Å². The Morgan fingerprint density at radius 2 is 1.85 bits per heavy atom. The van der Waals surface area contributed by atoms with Crippen LogP contribution in [0.3, 0.4) is 0 Å². The number of aryl methyl sites for hydroxylation is 3. The molecule has 8 heteroatoms. The van der Waals surface area contributed by atoms with Crippen LogP contribution in [0.2, 0.25) is 0 Å². The predicted molar refractivity (Wildman–Crippen MR) is 106 cm³/mol. The van der Waals surface area contributed by atoms with Gasteiger partial charge in [-0.05, 0) is 44.4 Å². The van der Waals surface area contributed by atoms with Gasteiger partial charge in [-0.2, -0.15) is 5.10 Å². The van der Waals surface area contributed by atoms with Crippen molar-refractivity contribution in [2.24, 2.45) is 0 Å². The van der Waals surface area contributed by atoms with E-state index in [1.54, 1.807) is 26.1 Å². The Morgan fingerprint density at radius 1 is 1.07 bits per heavy atom. The number of aromatic nitrogens is 3. The third-order valence-corrected chi connectivity index (χ3v) is 5.76. The van der Waals surface area contributed by atoms with Crippen molar-refractivity contribution < 1.29 is 8.42 Å². The van der Waals surface area contributed by atoms with Crippen LogP contribution < -0.4 is 10.0 Å². The van der Waals surface area contributed by atoms with E-state index in [4.69, 9.17) is 0 Å². The van der Waals surface area contributed by atoms with E-state index in [2.05, 4.69) is 37.4 Å². The van der Waals surface area contributed by atoms with Gasteiger partial charge in [-0.25, -0.2) is 13.4 Å². The average Bonchev–Trinajstić information content (AvgIpc) is 3.00. The summed E-state index contributed by atoms with van der Waals surface area (Å²) in [4.78, 5) is 4.35. The highest BCUT2D eigenvalue weighted by Crippen LogP contribution is 2.20. The molecule has 0 saturated heterocycles. The minimum Gasteiger partial charge on any atom is -0.384 e. The number of H-pyrrole nitrogens is 1. The molecule has 7 nitrogen and oxygen atoms in total. The van der Waals surface area contributed by atoms with Gasteiger partial charge in [0.05, 0.1) is 23.3 Å². The molecule has 0 unspecified atom stereocenters. The smallest absolute Gasteiger partial charge is 0.266 e. The lowest BCUT2D eigenvalue weighted by molar-refractivity contribution is 0.600. The third-order valence-electron chi connectivity index (χ3n) is 4.15. The number of sulfonamides is 1. The minimum absolute atomic E-state index is 0.160. The molecule has 0 saturated carbocycles. The summed E-state index contributed by atoms with van der Waals surface area (Å²) < 4.78 is 27.5. The number of rotatable bonds is 8. The van der Waals surface area contributed by atoms with Gasteiger partial charge in [0, 0.05) is 6.54 Å². The van der Waals surface area contributed by atoms with Gasteiger partial charge in [0.1, 0.15) is 10.7 Å². The number of hydrogen-bond donors (Lipinski definition) is 3. The van der Waals surface area contributed by atoms with Crippen molar-refractivity contribution in [2.45, 2.75) is 31.6 Å². The molecule has 0 fully saturated rings. The summed E-state index contributed by atoms with van der Waals surface area (Å²) in [5.74, 6) is 0.268. The lowest BCUT2D eigenvalue weighted by Gasteiger charge is -2.09. The Morgan fingerprint density at radius 3 is 2.48 bits per heavy atom. The molecule has 3 N–H and O–H groups in total. The van der Waals surface area contributed by atoms with Crippen LogP contribution >= 0.6 is 0 Å². The van der Waals surface area contributed by atoms with Crippen molar-refractivity contribution in [1.82, 2.24) is 15.2 Å². The summed E-state index contributed by atoms with van der Waals surface area (Å²) in [6.07, 6.45) is 3.62. The van der Waals surface area contributed by atoms with Crippen molar-refractivity contribution in [1.29, 1.82) is 0 Å². The van der Waals surface area contributed by atoms with E-state index >= 15 is 0 Å². The summed E-state index contributed by atoms with van der Waals surface area (Å²) in [5.41, 5.74) is 3.09. The number of nitrogens with one attached hydrogen (secondary N) is 3. The van der Waals surface area contributed by atoms with Crippen LogP contribution in [0.4, 0.5) is 11.5 Å². The number of hydrogen-bond acceptors (Lipinski definition) is 5. The second-order valence-electron chi connectivity index (χ2n) is 6.32. The monoisotopic (exact) mass is 385 g/mol. The molecule has 3 rings (SSSR count). The van der Waals surface area contributed by atoms with Gasteiger partial charge < -0.3 is 5.32 Å². The van der Waals surface area contributed by atoms with Crippen LogP contribution in [0.15, 0.2) is 53.6 Å². The maximum Gasteiger partial charge on any atom is 0.266 e. The first-order valence-corrected chi connectivity index (χ1v) is 10.2. The van der Waals surface area contributed by atoms with Gasteiger partial charge in [-0.3, -0.25) is 9.82 Å². The first kappa shape index (κ1) is 18.9. The van der Waals surface area contributed by atoms with E-state index in [1.807, 2.05) is 24.3 Å². The van der Waals surface area contributed by atoms with Crippen molar-refractivity contribution in [2.75, 3.05) is 16.6 Å². The Hall–Kier alpha value is -2.87. The number of anilines is 2. The van der Waals surface area contributed by atoms with Crippen LogP contribution in [-0.2, 0) is 16.4 Å². The van der Waals surface area contributed by atoms with Crippen molar-refractivity contribution >= 4 is 21.5 Å². The average molecular weight is 385 g/mol. The quantitative estimate of drug-likeness (QED) is 0.517. The number of aromatic amines is 1. The molecule has 0 spiro atoms. The molecule has 27 heavy (non-hydrogen) atoms. The molecule has 1 aromatic carbocycles. The maximum absolute atomic E-state index is 12.5. The molecule has 0 radical (unpaired) electrons. The highest BCUT2D eigenvalue weighted by molar-refractivity contribution is 7.92. The largest absolute Gasteiger partial charge is 0.384 e. The Bertz CT molecular complexity index is 963. The van der Waals surface area contributed by atoms with Gasteiger partial charge in [0.25, 0.3) is 10.0 Å². The van der Waals surface area contributed by atoms with Gasteiger partial charge in [0.15, 0.2) is 0 Å². The number of benzene rings is 1. The van der Waals surface area contributed by atoms with E-state index in [-0.39, 0.29) is 10.7 Å². The van der Waals surface area contributed by atoms with Crippen molar-refractivity contribution in [3.05, 3.63) is 65.6 Å². The molecule has 0 aliphatic heterocycles. The SMILES string of the molecule is Cc1n[nH]c(C)c1S(=O)(=O)Nc1ccc(NCCCc2ccccc2)cn1. The summed E-state index contributed by atoms with van der Waals surface area (Å²) in [7, 11) is -3.72. The maximum atomic E-state index is 12.5. The molecule has 0 atom stereocenters. The van der Waals surface area contributed by atoms with Gasteiger partial charge in [0.2, 0.25) is 0 Å². The van der Waals surface area contributed by atoms with Crippen LogP contribution in [0.25, 0.3) is 0 Å². The molecule has 0 aliphatic carbocycles. The Kier molecular flexibility index (Phi) is 5.75. The highest BCUT2D eigenvalue weighted by Gasteiger charge is 2.22. The topological polar surface area (TPSA) is 99.8 Å². The first-order valence-electron chi connectivity index (χ1n) is 8.74. The van der Waals surface area contributed by atoms with Gasteiger partial charge in [-0.15, -0.1) is 0 Å². The minimum atomic E-state index is -3.72. The zero-order valence-corrected chi connectivity index (χ0v) is 16.2. The number of pyridine rings is 1. The molecular weight excluding hydrogens is 362 g/mol. The summed E-state index contributed by atoms with van der Waals surface area (Å²) in [6.45, 7) is 4.13. The Balaban J connectivity index is 1.54. The molecule has 3 aromatic rings. The second-order valence-corrected chi connectivity index (χ2v) is 7.94. The molecule has 0 aliphatic rings. The third kappa shape index (κ3) is 4.85. The lowest BCUT2D eigenvalue weighted by atomic mass is 10.1. The lowest BCUT2D eigenvalue weighted by Crippen LogP contribution is -2.15. The Labute approximate surface area is 159 Å². The predicted octanol–water partition coefficient (Wildman–Crippen LogP) is 3.27. The highest BCUT2D eigenvalue weighted by atomic mass is 32.2. The summed E-state index contributed by atoms with van der Waals surface area (Å²) >= 11 is 0. The van der Waals surface area contributed by atoms with Crippen molar-refractivity contribution in [3.63, 3.8) is 0 Å². The standard InChI is InChI=1S/C19H23N5O2S/c1-14-19(15(2)23-22-14)27(25,26)24-18-11-10-17(13-21-18)20-12-6-9-16-7-4-3-5-8-16/h3-5,7-8,10-11,13,20H,6,9,12H2,1-2H3,(H,21,24)(H,22,23). The van der Waals surface area contributed by atoms with Crippen LogP contribution in [0.5, 0.6) is 0 Å². The van der Waals surface area contributed by atoms with E-state index in [1.165, 1.54) is 5.56 Å². The van der Waals surface area contributed by atoms with E-state index in [9.17, 15) is 8.42 Å². The first-order chi connectivity index (χ1) is 13.0. The molecule has 142 valence electrons. The molecular formula is C19H23N5O2S. The van der Waals surface area contributed by atoms with Gasteiger partial charge in [-0.1, -0.05) is 30.3 Å². The van der Waals surface area contributed by atoms with Crippen LogP contribution in [0, 0.1) is 13.8 Å². The van der Waals surface area contributed by atoms with Crippen molar-refractivity contribution in [3.8, 4) is 0 Å². The van der Waals surface area contributed by atoms with Crippen LogP contribution in [0.1, 0.15) is 23.4 Å². The molecule has 2 aromatic heterocycles. The van der Waals surface area contributed by atoms with E-state index in [0.29, 0.717) is 11.4 Å². The van der Waals surface area contributed by atoms with E-state index < -0.39 is 10.0 Å². The fourth-order valence-electron chi connectivity index (χ4n) is 2.85. The van der Waals surface area contributed by atoms with Gasteiger partial charge >= 0.3 is 0 Å². The molecule has 0 amide bonds. The molecule has 2 heterocycles. The zero-order valence-electron chi connectivity index (χ0n) is 15.4. The zero-order chi connectivity index (χ0) is 19.3. The summed E-state index contributed by atoms with van der Waals surface area (Å²) in [6, 6.07) is 13.8. The number of nitrogens with zero attached hydrogens (tertiary/aromatic N) is 2. The fourth-order valence-corrected chi connectivity index (χ4v) is 4.24.